The molecule has 76 valence electrons. The van der Waals surface area contributed by atoms with Crippen molar-refractivity contribution in [1.82, 2.24) is 0 Å². The van der Waals surface area contributed by atoms with Crippen LogP contribution >= 0.6 is 51.1 Å². The SMILES string of the molecule is Sc1ccccc1-c1cccc(Br)c1I. The summed E-state index contributed by atoms with van der Waals surface area (Å²) in [6.45, 7) is 0. The second-order valence-electron chi connectivity index (χ2n) is 3.12. The summed E-state index contributed by atoms with van der Waals surface area (Å²) < 4.78 is 2.34. The quantitative estimate of drug-likeness (QED) is 0.513. The lowest BCUT2D eigenvalue weighted by atomic mass is 10.1. The molecular weight excluding hydrogens is 383 g/mol. The molecule has 0 heterocycles. The van der Waals surface area contributed by atoms with Gasteiger partial charge in [-0.2, -0.15) is 0 Å². The molecule has 0 fully saturated rings. The summed E-state index contributed by atoms with van der Waals surface area (Å²) in [5.74, 6) is 0. The maximum Gasteiger partial charge on any atom is 0.0351 e. The van der Waals surface area contributed by atoms with Gasteiger partial charge in [0.15, 0.2) is 0 Å². The minimum absolute atomic E-state index is 1.01. The molecule has 0 spiro atoms. The Labute approximate surface area is 117 Å². The van der Waals surface area contributed by atoms with Crippen LogP contribution in [-0.4, -0.2) is 0 Å². The number of rotatable bonds is 1. The lowest BCUT2D eigenvalue weighted by Crippen LogP contribution is -1.85. The monoisotopic (exact) mass is 390 g/mol. The van der Waals surface area contributed by atoms with Crippen LogP contribution in [0.5, 0.6) is 0 Å². The highest BCUT2D eigenvalue weighted by atomic mass is 127. The molecule has 0 amide bonds. The van der Waals surface area contributed by atoms with Crippen LogP contribution in [0, 0.1) is 3.57 Å². The van der Waals surface area contributed by atoms with E-state index < -0.39 is 0 Å². The lowest BCUT2D eigenvalue weighted by Gasteiger charge is -2.08. The highest BCUT2D eigenvalue weighted by molar-refractivity contribution is 14.1. The fourth-order valence-corrected chi connectivity index (χ4v) is 2.71. The molecule has 2 rings (SSSR count). The molecule has 2 aromatic carbocycles. The van der Waals surface area contributed by atoms with Crippen molar-refractivity contribution in [2.24, 2.45) is 0 Å². The maximum atomic E-state index is 4.47. The Morgan fingerprint density at radius 2 is 1.60 bits per heavy atom. The molecule has 0 aliphatic carbocycles. The van der Waals surface area contributed by atoms with E-state index in [1.807, 2.05) is 30.3 Å². The number of hydrogen-bond acceptors (Lipinski definition) is 1. The highest BCUT2D eigenvalue weighted by Crippen LogP contribution is 2.33. The lowest BCUT2D eigenvalue weighted by molar-refractivity contribution is 1.43. The predicted octanol–water partition coefficient (Wildman–Crippen LogP) is 5.01. The van der Waals surface area contributed by atoms with Crippen molar-refractivity contribution in [2.75, 3.05) is 0 Å². The predicted molar refractivity (Wildman–Crippen MR) is 79.5 cm³/mol. The second kappa shape index (κ2) is 4.89. The molecule has 0 bridgehead atoms. The van der Waals surface area contributed by atoms with E-state index in [-0.39, 0.29) is 0 Å². The standard InChI is InChI=1S/C12H8BrIS/c13-10-6-3-5-9(12(10)14)8-4-1-2-7-11(8)15/h1-7,15H. The highest BCUT2D eigenvalue weighted by Gasteiger charge is 2.07. The molecule has 0 nitrogen and oxygen atoms in total. The van der Waals surface area contributed by atoms with Gasteiger partial charge in [-0.3, -0.25) is 0 Å². The first-order valence-corrected chi connectivity index (χ1v) is 6.74. The Kier molecular flexibility index (Phi) is 3.74. The molecule has 0 atom stereocenters. The third kappa shape index (κ3) is 2.40. The molecule has 0 N–H and O–H groups in total. The zero-order chi connectivity index (χ0) is 10.8. The topological polar surface area (TPSA) is 0 Å². The van der Waals surface area contributed by atoms with Crippen LogP contribution in [0.2, 0.25) is 0 Å². The van der Waals surface area contributed by atoms with Crippen molar-refractivity contribution in [2.45, 2.75) is 4.90 Å². The fraction of sp³-hybridized carbons (Fsp3) is 0. The second-order valence-corrected chi connectivity index (χ2v) is 5.53. The van der Waals surface area contributed by atoms with Gasteiger partial charge in [0.25, 0.3) is 0 Å². The van der Waals surface area contributed by atoms with E-state index in [1.54, 1.807) is 0 Å². The van der Waals surface area contributed by atoms with Crippen LogP contribution in [0.25, 0.3) is 11.1 Å². The first-order valence-electron chi connectivity index (χ1n) is 4.42. The largest absolute Gasteiger partial charge is 0.143 e. The van der Waals surface area contributed by atoms with Crippen molar-refractivity contribution in [1.29, 1.82) is 0 Å². The van der Waals surface area contributed by atoms with Gasteiger partial charge in [-0.1, -0.05) is 30.3 Å². The molecule has 0 aliphatic heterocycles. The van der Waals surface area contributed by atoms with Gasteiger partial charge in [0.2, 0.25) is 0 Å². The average molecular weight is 391 g/mol. The van der Waals surface area contributed by atoms with E-state index in [0.717, 1.165) is 9.37 Å². The molecule has 0 saturated heterocycles. The minimum atomic E-state index is 1.01. The van der Waals surface area contributed by atoms with Gasteiger partial charge in [-0.15, -0.1) is 12.6 Å². The van der Waals surface area contributed by atoms with Gasteiger partial charge in [-0.05, 0) is 61.8 Å². The van der Waals surface area contributed by atoms with Crippen molar-refractivity contribution >= 4 is 51.1 Å². The van der Waals surface area contributed by atoms with Crippen LogP contribution in [0.4, 0.5) is 0 Å². The summed E-state index contributed by atoms with van der Waals surface area (Å²) in [4.78, 5) is 1.01. The Balaban J connectivity index is 2.65. The Morgan fingerprint density at radius 1 is 0.933 bits per heavy atom. The molecule has 0 radical (unpaired) electrons. The van der Waals surface area contributed by atoms with Gasteiger partial charge >= 0.3 is 0 Å². The Hall–Kier alpha value is -0.000000000000000111. The molecule has 15 heavy (non-hydrogen) atoms. The van der Waals surface area contributed by atoms with Gasteiger partial charge < -0.3 is 0 Å². The van der Waals surface area contributed by atoms with E-state index in [1.165, 1.54) is 14.7 Å². The summed E-state index contributed by atoms with van der Waals surface area (Å²) in [6.07, 6.45) is 0. The maximum absolute atomic E-state index is 4.47. The summed E-state index contributed by atoms with van der Waals surface area (Å²) >= 11 is 10.4. The molecule has 0 aromatic heterocycles. The first-order chi connectivity index (χ1) is 7.20. The third-order valence-corrected chi connectivity index (χ3v) is 5.10. The molecule has 0 aliphatic rings. The Morgan fingerprint density at radius 3 is 2.33 bits per heavy atom. The van der Waals surface area contributed by atoms with Gasteiger partial charge in [0.1, 0.15) is 0 Å². The number of halogens is 2. The fourth-order valence-electron chi connectivity index (χ4n) is 1.41. The molecular formula is C12H8BrIS. The summed E-state index contributed by atoms with van der Waals surface area (Å²) in [6, 6.07) is 14.3. The zero-order valence-electron chi connectivity index (χ0n) is 7.74. The smallest absolute Gasteiger partial charge is 0.0351 e. The third-order valence-electron chi connectivity index (χ3n) is 2.15. The summed E-state index contributed by atoms with van der Waals surface area (Å²) in [5, 5.41) is 0. The van der Waals surface area contributed by atoms with E-state index in [0.29, 0.717) is 0 Å². The van der Waals surface area contributed by atoms with E-state index >= 15 is 0 Å². The van der Waals surface area contributed by atoms with Gasteiger partial charge in [0.05, 0.1) is 0 Å². The molecule has 0 unspecified atom stereocenters. The molecule has 2 aromatic rings. The zero-order valence-corrected chi connectivity index (χ0v) is 12.4. The van der Waals surface area contributed by atoms with Crippen LogP contribution in [0.1, 0.15) is 0 Å². The average Bonchev–Trinajstić information content (AvgIpc) is 2.23. The molecule has 0 saturated carbocycles. The van der Waals surface area contributed by atoms with Crippen LogP contribution in [-0.2, 0) is 0 Å². The van der Waals surface area contributed by atoms with E-state index in [9.17, 15) is 0 Å². The van der Waals surface area contributed by atoms with E-state index in [4.69, 9.17) is 0 Å². The van der Waals surface area contributed by atoms with Gasteiger partial charge in [0, 0.05) is 12.9 Å². The molecule has 3 heteroatoms. The van der Waals surface area contributed by atoms with Crippen LogP contribution in [0.3, 0.4) is 0 Å². The number of benzene rings is 2. The van der Waals surface area contributed by atoms with Gasteiger partial charge in [-0.25, -0.2) is 0 Å². The summed E-state index contributed by atoms with van der Waals surface area (Å²) in [7, 11) is 0. The Bertz CT molecular complexity index is 497. The summed E-state index contributed by atoms with van der Waals surface area (Å²) in [5.41, 5.74) is 2.39. The number of thiol groups is 1. The van der Waals surface area contributed by atoms with Crippen molar-refractivity contribution in [3.05, 3.63) is 50.5 Å². The van der Waals surface area contributed by atoms with Crippen molar-refractivity contribution < 1.29 is 0 Å². The first kappa shape index (κ1) is 11.5. The van der Waals surface area contributed by atoms with Crippen molar-refractivity contribution in [3.8, 4) is 11.1 Å². The van der Waals surface area contributed by atoms with Crippen molar-refractivity contribution in [3.63, 3.8) is 0 Å². The van der Waals surface area contributed by atoms with E-state index in [2.05, 4.69) is 63.3 Å². The van der Waals surface area contributed by atoms with Crippen LogP contribution < -0.4 is 0 Å². The minimum Gasteiger partial charge on any atom is -0.143 e. The normalized spacial score (nSPS) is 10.3. The number of hydrogen-bond donors (Lipinski definition) is 1. The van der Waals surface area contributed by atoms with Crippen LogP contribution in [0.15, 0.2) is 51.8 Å².